The van der Waals surface area contributed by atoms with Gasteiger partial charge in [0.15, 0.2) is 11.6 Å². The summed E-state index contributed by atoms with van der Waals surface area (Å²) >= 11 is 0. The van der Waals surface area contributed by atoms with Crippen LogP contribution in [0.15, 0.2) is 41.1 Å². The fourth-order valence-corrected chi connectivity index (χ4v) is 5.89. The topological polar surface area (TPSA) is 97.9 Å². The summed E-state index contributed by atoms with van der Waals surface area (Å²) < 4.78 is 57.5. The lowest BCUT2D eigenvalue weighted by Gasteiger charge is -2.30. The first-order valence-corrected chi connectivity index (χ1v) is 13.2. The molecule has 0 amide bonds. The minimum absolute atomic E-state index is 0.0271. The summed E-state index contributed by atoms with van der Waals surface area (Å²) in [5, 5.41) is 13.3. The van der Waals surface area contributed by atoms with Gasteiger partial charge < -0.3 is 24.0 Å². The van der Waals surface area contributed by atoms with Crippen molar-refractivity contribution in [1.82, 2.24) is 10.1 Å². The van der Waals surface area contributed by atoms with Gasteiger partial charge in [0, 0.05) is 36.3 Å². The lowest BCUT2D eigenvalue weighted by atomic mass is 9.80. The summed E-state index contributed by atoms with van der Waals surface area (Å²) in [6.07, 6.45) is 5.68. The molecule has 3 heterocycles. The third-order valence-corrected chi connectivity index (χ3v) is 7.96. The van der Waals surface area contributed by atoms with Gasteiger partial charge >= 0.3 is 12.6 Å². The predicted molar refractivity (Wildman–Crippen MR) is 133 cm³/mol. The average molecular weight is 544 g/mol. The number of aromatic nitrogens is 2. The minimum Gasteiger partial charge on any atom is -0.478 e. The number of hydrogen-bond donors (Lipinski definition) is 1. The van der Waals surface area contributed by atoms with Crippen LogP contribution in [0.1, 0.15) is 59.7 Å². The van der Waals surface area contributed by atoms with E-state index < -0.39 is 18.4 Å². The molecule has 2 aliphatic carbocycles. The van der Waals surface area contributed by atoms with E-state index in [1.54, 1.807) is 18.2 Å². The van der Waals surface area contributed by atoms with Gasteiger partial charge in [0.05, 0.1) is 18.3 Å². The number of benzene rings is 1. The second-order valence-corrected chi connectivity index (χ2v) is 10.5. The first-order chi connectivity index (χ1) is 18.9. The smallest absolute Gasteiger partial charge is 0.387 e. The molecule has 8 nitrogen and oxygen atoms in total. The zero-order valence-electron chi connectivity index (χ0n) is 21.1. The Hall–Kier alpha value is -3.60. The molecule has 0 unspecified atom stereocenters. The van der Waals surface area contributed by atoms with Gasteiger partial charge in [-0.05, 0) is 62.1 Å². The number of aromatic carboxylic acids is 1. The number of halogens is 3. The summed E-state index contributed by atoms with van der Waals surface area (Å²) in [7, 11) is 0. The zero-order chi connectivity index (χ0) is 27.1. The van der Waals surface area contributed by atoms with Crippen LogP contribution in [0.5, 0.6) is 5.75 Å². The number of alkyl halides is 2. The van der Waals surface area contributed by atoms with Gasteiger partial charge in [-0.15, -0.1) is 0 Å². The Morgan fingerprint density at radius 1 is 1.15 bits per heavy atom. The Morgan fingerprint density at radius 3 is 2.69 bits per heavy atom. The van der Waals surface area contributed by atoms with Crippen LogP contribution in [0, 0.1) is 17.7 Å². The Balaban J connectivity index is 1.15. The SMILES string of the molecule is O=C(O)c1cnc(N2C[C@H]3CC[C@H](OCc4c(-c5ccccc5OC(F)F)noc4C4CC4)C[C@H]3C2)c(F)c1. The zero-order valence-corrected chi connectivity index (χ0v) is 21.1. The summed E-state index contributed by atoms with van der Waals surface area (Å²) in [5.41, 5.74) is 1.48. The summed E-state index contributed by atoms with van der Waals surface area (Å²) in [6.45, 7) is -1.44. The Kier molecular flexibility index (Phi) is 6.92. The highest BCUT2D eigenvalue weighted by atomic mass is 19.3. The average Bonchev–Trinajstić information content (AvgIpc) is 3.53. The van der Waals surface area contributed by atoms with E-state index in [1.807, 2.05) is 4.90 Å². The van der Waals surface area contributed by atoms with Crippen LogP contribution in [-0.4, -0.2) is 47.0 Å². The fraction of sp³-hybridized carbons (Fsp3) is 0.464. The maximum Gasteiger partial charge on any atom is 0.387 e. The Bertz CT molecular complexity index is 1360. The lowest BCUT2D eigenvalue weighted by molar-refractivity contribution is -0.0494. The van der Waals surface area contributed by atoms with Crippen LogP contribution in [0.25, 0.3) is 11.3 Å². The fourth-order valence-electron chi connectivity index (χ4n) is 5.89. The minimum atomic E-state index is -2.96. The number of pyridine rings is 1. The van der Waals surface area contributed by atoms with Crippen molar-refractivity contribution in [2.75, 3.05) is 18.0 Å². The molecule has 11 heteroatoms. The highest BCUT2D eigenvalue weighted by molar-refractivity contribution is 5.87. The van der Waals surface area contributed by atoms with Crippen LogP contribution in [-0.2, 0) is 11.3 Å². The van der Waals surface area contributed by atoms with Crippen LogP contribution >= 0.6 is 0 Å². The van der Waals surface area contributed by atoms with Crippen LogP contribution in [0.2, 0.25) is 0 Å². The third kappa shape index (κ3) is 5.32. The van der Waals surface area contributed by atoms with Crippen molar-refractivity contribution < 1.29 is 37.1 Å². The van der Waals surface area contributed by atoms with Gasteiger partial charge in [0.2, 0.25) is 0 Å². The van der Waals surface area contributed by atoms with Crippen LogP contribution in [0.4, 0.5) is 19.0 Å². The molecular formula is C28H28F3N3O5. The van der Waals surface area contributed by atoms with Gasteiger partial charge in [-0.1, -0.05) is 17.3 Å². The highest BCUT2D eigenvalue weighted by Gasteiger charge is 2.40. The molecule has 6 rings (SSSR count). The number of nitrogens with zero attached hydrogens (tertiary/aromatic N) is 3. The number of carbonyl (C=O) groups is 1. The normalized spacial score (nSPS) is 22.8. The van der Waals surface area contributed by atoms with Crippen molar-refractivity contribution in [3.05, 3.63) is 59.2 Å². The molecule has 3 aromatic rings. The molecule has 3 atom stereocenters. The number of carboxylic acid groups (broad SMARTS) is 1. The number of carboxylic acids is 1. The summed E-state index contributed by atoms with van der Waals surface area (Å²) in [5.74, 6) is 0.0173. The largest absolute Gasteiger partial charge is 0.478 e. The maximum atomic E-state index is 14.6. The molecule has 206 valence electrons. The molecule has 0 radical (unpaired) electrons. The quantitative estimate of drug-likeness (QED) is 0.358. The first kappa shape index (κ1) is 25.7. The summed E-state index contributed by atoms with van der Waals surface area (Å²) in [4.78, 5) is 17.1. The van der Waals surface area contributed by atoms with Crippen molar-refractivity contribution >= 4 is 11.8 Å². The van der Waals surface area contributed by atoms with E-state index in [2.05, 4.69) is 10.1 Å². The number of ether oxygens (including phenoxy) is 2. The van der Waals surface area contributed by atoms with Crippen molar-refractivity contribution in [2.45, 2.75) is 57.3 Å². The molecular weight excluding hydrogens is 515 g/mol. The monoisotopic (exact) mass is 543 g/mol. The van der Waals surface area contributed by atoms with E-state index in [9.17, 15) is 18.0 Å². The second kappa shape index (κ2) is 10.5. The van der Waals surface area contributed by atoms with E-state index in [0.717, 1.165) is 49.5 Å². The number of rotatable bonds is 9. The van der Waals surface area contributed by atoms with Crippen molar-refractivity contribution in [1.29, 1.82) is 0 Å². The van der Waals surface area contributed by atoms with Crippen LogP contribution < -0.4 is 9.64 Å². The van der Waals surface area contributed by atoms with E-state index >= 15 is 0 Å². The molecule has 0 spiro atoms. The summed E-state index contributed by atoms with van der Waals surface area (Å²) in [6, 6.07) is 7.55. The van der Waals surface area contributed by atoms with E-state index in [-0.39, 0.29) is 41.7 Å². The Morgan fingerprint density at radius 2 is 1.95 bits per heavy atom. The second-order valence-electron chi connectivity index (χ2n) is 10.5. The predicted octanol–water partition coefficient (Wildman–Crippen LogP) is 5.87. The number of anilines is 1. The molecule has 1 aliphatic heterocycles. The maximum absolute atomic E-state index is 14.6. The number of hydrogen-bond acceptors (Lipinski definition) is 7. The number of para-hydroxylation sites is 1. The highest BCUT2D eigenvalue weighted by Crippen LogP contribution is 2.46. The van der Waals surface area contributed by atoms with E-state index in [1.165, 1.54) is 12.3 Å². The molecule has 2 saturated carbocycles. The first-order valence-electron chi connectivity index (χ1n) is 13.2. The third-order valence-electron chi connectivity index (χ3n) is 7.96. The standard InChI is InChI=1S/C28H28F3N3O5/c29-22-10-17(27(35)36)11-32-26(22)34-12-16-7-8-19(9-18(16)13-34)37-14-21-24(33-39-25(21)15-5-6-15)20-3-1-2-4-23(20)38-28(30)31/h1-4,10-11,15-16,18-19,28H,5-9,12-14H2,(H,35,36)/t16-,18+,19+/m1/s1. The van der Waals surface area contributed by atoms with Gasteiger partial charge in [-0.2, -0.15) is 8.78 Å². The van der Waals surface area contributed by atoms with Crippen molar-refractivity contribution in [2.24, 2.45) is 11.8 Å². The van der Waals surface area contributed by atoms with Gasteiger partial charge in [-0.3, -0.25) is 0 Å². The molecule has 3 aliphatic rings. The molecule has 1 N–H and O–H groups in total. The van der Waals surface area contributed by atoms with E-state index in [0.29, 0.717) is 30.3 Å². The lowest BCUT2D eigenvalue weighted by Crippen LogP contribution is -2.28. The molecule has 2 aromatic heterocycles. The van der Waals surface area contributed by atoms with E-state index in [4.69, 9.17) is 19.1 Å². The van der Waals surface area contributed by atoms with Crippen LogP contribution in [0.3, 0.4) is 0 Å². The van der Waals surface area contributed by atoms with Gasteiger partial charge in [0.25, 0.3) is 0 Å². The van der Waals surface area contributed by atoms with Crippen molar-refractivity contribution in [3.63, 3.8) is 0 Å². The van der Waals surface area contributed by atoms with Gasteiger partial charge in [-0.25, -0.2) is 14.2 Å². The van der Waals surface area contributed by atoms with Crippen molar-refractivity contribution in [3.8, 4) is 17.0 Å². The molecule has 1 saturated heterocycles. The molecule has 0 bridgehead atoms. The van der Waals surface area contributed by atoms with Gasteiger partial charge in [0.1, 0.15) is 17.2 Å². The molecule has 1 aromatic carbocycles. The Labute approximate surface area is 222 Å². The molecule has 3 fully saturated rings. The number of fused-ring (bicyclic) bond motifs is 1. The molecule has 39 heavy (non-hydrogen) atoms.